The summed E-state index contributed by atoms with van der Waals surface area (Å²) in [6.45, 7) is 5.95. The van der Waals surface area contributed by atoms with E-state index in [1.54, 1.807) is 27.0 Å². The number of para-hydroxylation sites is 1. The summed E-state index contributed by atoms with van der Waals surface area (Å²) in [4.78, 5) is 14.1. The quantitative estimate of drug-likeness (QED) is 0.342. The number of benzene rings is 2. The number of fused-ring (bicyclic) bond motifs is 1. The van der Waals surface area contributed by atoms with Crippen LogP contribution in [0.3, 0.4) is 0 Å². The van der Waals surface area contributed by atoms with Crippen LogP contribution in [0.2, 0.25) is 0 Å². The monoisotopic (exact) mass is 520 g/mol. The van der Waals surface area contributed by atoms with Crippen LogP contribution < -0.4 is 4.90 Å². The highest BCUT2D eigenvalue weighted by atomic mass is 32.2. The lowest BCUT2D eigenvalue weighted by Gasteiger charge is -2.30. The lowest BCUT2D eigenvalue weighted by Crippen LogP contribution is -2.40. The molecule has 190 valence electrons. The minimum Gasteiger partial charge on any atom is -0.476 e. The number of anilines is 2. The van der Waals surface area contributed by atoms with E-state index in [0.717, 1.165) is 35.9 Å². The predicted molar refractivity (Wildman–Crippen MR) is 140 cm³/mol. The molecule has 0 saturated carbocycles. The molecule has 3 rings (SSSR count). The van der Waals surface area contributed by atoms with Crippen LogP contribution in [0.15, 0.2) is 64.2 Å². The Morgan fingerprint density at radius 2 is 1.91 bits per heavy atom. The summed E-state index contributed by atoms with van der Waals surface area (Å²) >= 11 is 1.42. The molecule has 1 N–H and O–H groups in total. The fraction of sp³-hybridized carbons (Fsp3) is 0.423. The third kappa shape index (κ3) is 5.57. The average Bonchev–Trinajstić information content (AvgIpc) is 2.90. The Hall–Kier alpha value is -2.36. The molecule has 0 aromatic heterocycles. The Kier molecular flexibility index (Phi) is 8.34. The summed E-state index contributed by atoms with van der Waals surface area (Å²) < 4.78 is 43.4. The molecule has 9 heteroatoms. The number of halogens is 1. The Bertz CT molecular complexity index is 1210. The molecule has 2 aromatic rings. The summed E-state index contributed by atoms with van der Waals surface area (Å²) in [5, 5.41) is 9.07. The van der Waals surface area contributed by atoms with Crippen LogP contribution in [0.1, 0.15) is 45.6 Å². The van der Waals surface area contributed by atoms with E-state index < -0.39 is 27.2 Å². The van der Waals surface area contributed by atoms with Gasteiger partial charge in [-0.2, -0.15) is 8.70 Å². The van der Waals surface area contributed by atoms with Crippen LogP contribution >= 0.6 is 11.8 Å². The number of hydrogen-bond acceptors (Lipinski definition) is 5. The lowest BCUT2D eigenvalue weighted by atomic mass is 9.83. The molecule has 0 radical (unpaired) electrons. The van der Waals surface area contributed by atoms with Gasteiger partial charge in [0.25, 0.3) is 0 Å². The van der Waals surface area contributed by atoms with Gasteiger partial charge in [-0.1, -0.05) is 51.8 Å². The molecule has 1 aliphatic heterocycles. The van der Waals surface area contributed by atoms with Crippen LogP contribution in [0.5, 0.6) is 0 Å². The maximum Gasteiger partial charge on any atom is 0.364 e. The second kappa shape index (κ2) is 10.7. The number of allylic oxidation sites excluding steroid dienone is 1. The molecular formula is C26H33FN2O4S2. The zero-order chi connectivity index (χ0) is 26.0. The van der Waals surface area contributed by atoms with Crippen molar-refractivity contribution in [2.45, 2.75) is 61.3 Å². The van der Waals surface area contributed by atoms with Crippen molar-refractivity contribution >= 4 is 39.1 Å². The molecule has 0 aliphatic carbocycles. The molecule has 6 nitrogen and oxygen atoms in total. The second-order valence-electron chi connectivity index (χ2n) is 9.30. The number of nitrogens with zero attached hydrogens (tertiary/aromatic N) is 2. The normalized spacial score (nSPS) is 18.7. The number of likely N-dealkylation sites (N-methyl/N-ethyl adjacent to an activating group) is 1. The van der Waals surface area contributed by atoms with Gasteiger partial charge in [0.05, 0.1) is 5.69 Å². The van der Waals surface area contributed by atoms with Crippen LogP contribution in [-0.2, 0) is 20.2 Å². The van der Waals surface area contributed by atoms with E-state index in [-0.39, 0.29) is 10.9 Å². The maximum absolute atomic E-state index is 14.1. The van der Waals surface area contributed by atoms with E-state index in [1.165, 1.54) is 16.1 Å². The molecule has 0 bridgehead atoms. The molecule has 0 fully saturated rings. The molecule has 35 heavy (non-hydrogen) atoms. The number of thioether (sulfide) groups is 1. The van der Waals surface area contributed by atoms with Gasteiger partial charge >= 0.3 is 5.97 Å². The van der Waals surface area contributed by atoms with E-state index >= 15 is 0 Å². The van der Waals surface area contributed by atoms with Crippen LogP contribution in [0.4, 0.5) is 15.8 Å². The first-order chi connectivity index (χ1) is 16.4. The zero-order valence-electron chi connectivity index (χ0n) is 20.8. The fourth-order valence-electron chi connectivity index (χ4n) is 4.44. The first-order valence-corrected chi connectivity index (χ1v) is 14.2. The summed E-state index contributed by atoms with van der Waals surface area (Å²) in [5.41, 5.74) is 0.942. The number of carbonyl (C=O) groups is 1. The van der Waals surface area contributed by atoms with Crippen LogP contribution in [0.25, 0.3) is 0 Å². The first-order valence-electron chi connectivity index (χ1n) is 11.6. The summed E-state index contributed by atoms with van der Waals surface area (Å²) in [5.74, 6) is -2.93. The Morgan fingerprint density at radius 3 is 2.49 bits per heavy atom. The van der Waals surface area contributed by atoms with Gasteiger partial charge in [-0.15, -0.1) is 11.8 Å². The highest BCUT2D eigenvalue weighted by molar-refractivity contribution is 7.98. The predicted octanol–water partition coefficient (Wildman–Crippen LogP) is 5.96. The van der Waals surface area contributed by atoms with Crippen molar-refractivity contribution in [1.29, 1.82) is 0 Å². The SMILES string of the molecule is CCCCC1CN(c2ccccc2)c2cc(SC)c(C(C)(C)/C=C(/F)C(=O)O)cc2S(=O)(=O)N1C. The number of sulfonamides is 1. The standard InChI is InChI=1S/C26H33FN2O4S2/c1-6-7-11-19-17-29(18-12-9-8-10-13-18)22-15-23(34-5)20(14-24(22)35(32,33)28(19)4)26(2,3)16-21(27)25(30)31/h8-10,12-16,19H,6-7,11,17H2,1-5H3,(H,30,31)/b21-16+. The third-order valence-electron chi connectivity index (χ3n) is 6.48. The topological polar surface area (TPSA) is 77.9 Å². The largest absolute Gasteiger partial charge is 0.476 e. The molecule has 2 aromatic carbocycles. The van der Waals surface area contributed by atoms with Gasteiger partial charge in [-0.3, -0.25) is 0 Å². The Balaban J connectivity index is 2.31. The van der Waals surface area contributed by atoms with Gasteiger partial charge in [-0.25, -0.2) is 13.2 Å². The number of carboxylic acid groups (broad SMARTS) is 1. The van der Waals surface area contributed by atoms with Gasteiger partial charge < -0.3 is 10.0 Å². The highest BCUT2D eigenvalue weighted by Crippen LogP contribution is 2.44. The molecule has 0 amide bonds. The highest BCUT2D eigenvalue weighted by Gasteiger charge is 2.38. The van der Waals surface area contributed by atoms with E-state index in [0.29, 0.717) is 17.8 Å². The number of hydrogen-bond donors (Lipinski definition) is 1. The summed E-state index contributed by atoms with van der Waals surface area (Å²) in [7, 11) is -2.26. The summed E-state index contributed by atoms with van der Waals surface area (Å²) in [6.07, 6.45) is 5.48. The summed E-state index contributed by atoms with van der Waals surface area (Å²) in [6, 6.07) is 12.9. The molecule has 1 atom stereocenters. The maximum atomic E-state index is 14.1. The third-order valence-corrected chi connectivity index (χ3v) is 9.20. The molecular weight excluding hydrogens is 487 g/mol. The van der Waals surface area contributed by atoms with E-state index in [2.05, 4.69) is 6.92 Å². The van der Waals surface area contributed by atoms with Crippen molar-refractivity contribution in [3.8, 4) is 0 Å². The average molecular weight is 521 g/mol. The van der Waals surface area contributed by atoms with E-state index in [4.69, 9.17) is 5.11 Å². The van der Waals surface area contributed by atoms with Gasteiger partial charge in [0.1, 0.15) is 4.90 Å². The van der Waals surface area contributed by atoms with Crippen molar-refractivity contribution in [2.75, 3.05) is 24.7 Å². The minimum absolute atomic E-state index is 0.132. The zero-order valence-corrected chi connectivity index (χ0v) is 22.4. The van der Waals surface area contributed by atoms with E-state index in [1.807, 2.05) is 47.6 Å². The van der Waals surface area contributed by atoms with Crippen molar-refractivity contribution in [3.05, 3.63) is 59.9 Å². The van der Waals surface area contributed by atoms with Gasteiger partial charge in [0.15, 0.2) is 0 Å². The number of unbranched alkanes of at least 4 members (excludes halogenated alkanes) is 1. The van der Waals surface area contributed by atoms with Crippen LogP contribution in [-0.4, -0.2) is 49.7 Å². The number of rotatable bonds is 8. The van der Waals surface area contributed by atoms with Gasteiger partial charge in [-0.05, 0) is 48.6 Å². The minimum atomic E-state index is -3.88. The molecule has 1 unspecified atom stereocenters. The smallest absolute Gasteiger partial charge is 0.364 e. The van der Waals surface area contributed by atoms with Crippen molar-refractivity contribution < 1.29 is 22.7 Å². The Labute approximate surface area is 211 Å². The molecule has 0 spiro atoms. The molecule has 1 aliphatic rings. The first kappa shape index (κ1) is 27.2. The molecule has 0 saturated heterocycles. The Morgan fingerprint density at radius 1 is 1.26 bits per heavy atom. The number of carboxylic acids is 1. The molecule has 1 heterocycles. The van der Waals surface area contributed by atoms with Crippen molar-refractivity contribution in [3.63, 3.8) is 0 Å². The van der Waals surface area contributed by atoms with Gasteiger partial charge in [0, 0.05) is 35.6 Å². The van der Waals surface area contributed by atoms with Crippen LogP contribution in [0, 0.1) is 0 Å². The van der Waals surface area contributed by atoms with E-state index in [9.17, 15) is 17.6 Å². The number of aliphatic carboxylic acids is 1. The second-order valence-corrected chi connectivity index (χ2v) is 12.1. The lowest BCUT2D eigenvalue weighted by molar-refractivity contribution is -0.134. The van der Waals surface area contributed by atoms with Gasteiger partial charge in [0.2, 0.25) is 15.9 Å². The fourth-order valence-corrected chi connectivity index (χ4v) is 6.78. The van der Waals surface area contributed by atoms with Crippen molar-refractivity contribution in [1.82, 2.24) is 4.31 Å². The van der Waals surface area contributed by atoms with Crippen molar-refractivity contribution in [2.24, 2.45) is 0 Å².